The highest BCUT2D eigenvalue weighted by molar-refractivity contribution is 5.87. The maximum absolute atomic E-state index is 11.9. The van der Waals surface area contributed by atoms with Gasteiger partial charge < -0.3 is 15.8 Å². The fourth-order valence-corrected chi connectivity index (χ4v) is 2.11. The number of nitrogen functional groups attached to an aromatic ring is 1. The van der Waals surface area contributed by atoms with Gasteiger partial charge in [0.25, 0.3) is 0 Å². The fourth-order valence-electron chi connectivity index (χ4n) is 2.11. The van der Waals surface area contributed by atoms with Crippen molar-refractivity contribution >= 4 is 29.2 Å². The van der Waals surface area contributed by atoms with Crippen molar-refractivity contribution in [1.29, 1.82) is 0 Å². The molecule has 0 aliphatic rings. The van der Waals surface area contributed by atoms with Gasteiger partial charge >= 0.3 is 6.09 Å². The number of amides is 2. The first-order chi connectivity index (χ1) is 11.6. The number of nitrogens with two attached hydrogens (primary N) is 1. The Morgan fingerprint density at radius 2 is 1.96 bits per heavy atom. The molecule has 1 heterocycles. The van der Waals surface area contributed by atoms with E-state index in [4.69, 9.17) is 10.5 Å². The first-order valence-corrected chi connectivity index (χ1v) is 7.82. The van der Waals surface area contributed by atoms with E-state index in [-0.39, 0.29) is 5.91 Å². The number of nitrogens with zero attached hydrogens (tertiary/aromatic N) is 2. The Morgan fingerprint density at radius 3 is 2.60 bits per heavy atom. The number of hydrogen-bond donors (Lipinski definition) is 3. The first kappa shape index (κ1) is 18.3. The Balaban J connectivity index is 2.09. The van der Waals surface area contributed by atoms with E-state index in [0.717, 1.165) is 5.56 Å². The Hall–Kier alpha value is -3.03. The molecule has 0 bridgehead atoms. The standard InChI is InChI=1S/C17H23N5O3/c1-11(23)19-15-7-8-22(21-15)10-12-9-13(5-6-14(12)18)20-16(24)25-17(2,3)4/h5-9H,10,18H2,1-4H3,(H,20,24)(H,19,21,23). The number of anilines is 3. The molecule has 0 aliphatic carbocycles. The van der Waals surface area contributed by atoms with Crippen LogP contribution in [0.25, 0.3) is 0 Å². The number of nitrogens with one attached hydrogen (secondary N) is 2. The van der Waals surface area contributed by atoms with E-state index in [1.165, 1.54) is 6.92 Å². The third-order valence-corrected chi connectivity index (χ3v) is 3.07. The molecule has 8 heteroatoms. The molecule has 0 spiro atoms. The van der Waals surface area contributed by atoms with Gasteiger partial charge in [-0.3, -0.25) is 14.8 Å². The topological polar surface area (TPSA) is 111 Å². The zero-order valence-electron chi connectivity index (χ0n) is 14.8. The van der Waals surface area contributed by atoms with Crippen molar-refractivity contribution in [3.05, 3.63) is 36.0 Å². The van der Waals surface area contributed by atoms with Gasteiger partial charge in [-0.15, -0.1) is 0 Å². The SMILES string of the molecule is CC(=O)Nc1ccn(Cc2cc(NC(=O)OC(C)(C)C)ccc2N)n1. The van der Waals surface area contributed by atoms with Crippen LogP contribution in [-0.4, -0.2) is 27.4 Å². The highest BCUT2D eigenvalue weighted by Crippen LogP contribution is 2.20. The molecule has 2 rings (SSSR count). The van der Waals surface area contributed by atoms with Crippen LogP contribution >= 0.6 is 0 Å². The third kappa shape index (κ3) is 5.83. The van der Waals surface area contributed by atoms with Crippen molar-refractivity contribution < 1.29 is 14.3 Å². The summed E-state index contributed by atoms with van der Waals surface area (Å²) in [7, 11) is 0. The smallest absolute Gasteiger partial charge is 0.412 e. The molecule has 0 saturated carbocycles. The van der Waals surface area contributed by atoms with E-state index in [1.807, 2.05) is 0 Å². The maximum atomic E-state index is 11.9. The highest BCUT2D eigenvalue weighted by atomic mass is 16.6. The largest absolute Gasteiger partial charge is 0.444 e. The summed E-state index contributed by atoms with van der Waals surface area (Å²) >= 11 is 0. The Morgan fingerprint density at radius 1 is 1.24 bits per heavy atom. The molecular formula is C17H23N5O3. The van der Waals surface area contributed by atoms with Gasteiger partial charge in [-0.2, -0.15) is 5.10 Å². The summed E-state index contributed by atoms with van der Waals surface area (Å²) in [6.45, 7) is 7.21. The number of benzene rings is 1. The molecule has 25 heavy (non-hydrogen) atoms. The normalized spacial score (nSPS) is 11.0. The van der Waals surface area contributed by atoms with Crippen molar-refractivity contribution in [3.63, 3.8) is 0 Å². The Labute approximate surface area is 146 Å². The van der Waals surface area contributed by atoms with Gasteiger partial charge in [-0.1, -0.05) is 0 Å². The lowest BCUT2D eigenvalue weighted by atomic mass is 10.1. The maximum Gasteiger partial charge on any atom is 0.412 e. The number of hydrogen-bond acceptors (Lipinski definition) is 5. The lowest BCUT2D eigenvalue weighted by Gasteiger charge is -2.20. The summed E-state index contributed by atoms with van der Waals surface area (Å²) < 4.78 is 6.88. The molecule has 4 N–H and O–H groups in total. The van der Waals surface area contributed by atoms with Gasteiger partial charge in [0.1, 0.15) is 5.60 Å². The Bertz CT molecular complexity index is 777. The number of carbonyl (C=O) groups is 2. The van der Waals surface area contributed by atoms with Crippen molar-refractivity contribution in [2.45, 2.75) is 39.8 Å². The lowest BCUT2D eigenvalue weighted by Crippen LogP contribution is -2.27. The van der Waals surface area contributed by atoms with Crippen LogP contribution in [-0.2, 0) is 16.1 Å². The Kier molecular flexibility index (Phi) is 5.31. The molecule has 0 fully saturated rings. The zero-order valence-corrected chi connectivity index (χ0v) is 14.8. The van der Waals surface area contributed by atoms with Crippen molar-refractivity contribution in [3.8, 4) is 0 Å². The van der Waals surface area contributed by atoms with E-state index in [1.54, 1.807) is 55.9 Å². The molecule has 1 aromatic carbocycles. The van der Waals surface area contributed by atoms with Gasteiger partial charge in [0.15, 0.2) is 5.82 Å². The molecule has 2 amide bonds. The van der Waals surface area contributed by atoms with E-state index >= 15 is 0 Å². The molecule has 2 aromatic rings. The number of carbonyl (C=O) groups excluding carboxylic acids is 2. The average Bonchev–Trinajstić information content (AvgIpc) is 2.86. The average molecular weight is 345 g/mol. The van der Waals surface area contributed by atoms with Crippen molar-refractivity contribution in [1.82, 2.24) is 9.78 Å². The summed E-state index contributed by atoms with van der Waals surface area (Å²) in [5.41, 5.74) is 7.36. The van der Waals surface area contributed by atoms with E-state index < -0.39 is 11.7 Å². The minimum atomic E-state index is -0.574. The summed E-state index contributed by atoms with van der Waals surface area (Å²) in [6, 6.07) is 6.87. The van der Waals surface area contributed by atoms with E-state index in [0.29, 0.717) is 23.7 Å². The van der Waals surface area contributed by atoms with Crippen molar-refractivity contribution in [2.75, 3.05) is 16.4 Å². The molecule has 134 valence electrons. The number of aromatic nitrogens is 2. The van der Waals surface area contributed by atoms with Crippen LogP contribution in [0.15, 0.2) is 30.5 Å². The van der Waals surface area contributed by atoms with Crippen LogP contribution in [0.4, 0.5) is 22.0 Å². The summed E-state index contributed by atoms with van der Waals surface area (Å²) in [4.78, 5) is 22.9. The summed E-state index contributed by atoms with van der Waals surface area (Å²) in [5, 5.41) is 9.53. The molecule has 0 atom stereocenters. The zero-order chi connectivity index (χ0) is 18.6. The van der Waals surface area contributed by atoms with Gasteiger partial charge in [0, 0.05) is 30.6 Å². The van der Waals surface area contributed by atoms with Gasteiger partial charge in [0.2, 0.25) is 5.91 Å². The quantitative estimate of drug-likeness (QED) is 0.738. The number of ether oxygens (including phenoxy) is 1. The predicted molar refractivity (Wildman–Crippen MR) is 96.3 cm³/mol. The molecule has 8 nitrogen and oxygen atoms in total. The lowest BCUT2D eigenvalue weighted by molar-refractivity contribution is -0.114. The second-order valence-corrected chi connectivity index (χ2v) is 6.62. The highest BCUT2D eigenvalue weighted by Gasteiger charge is 2.16. The van der Waals surface area contributed by atoms with Gasteiger partial charge in [-0.05, 0) is 44.5 Å². The molecule has 0 unspecified atom stereocenters. The number of rotatable bonds is 4. The fraction of sp³-hybridized carbons (Fsp3) is 0.353. The molecular weight excluding hydrogens is 322 g/mol. The van der Waals surface area contributed by atoms with Crippen LogP contribution in [0.3, 0.4) is 0 Å². The van der Waals surface area contributed by atoms with E-state index in [2.05, 4.69) is 15.7 Å². The van der Waals surface area contributed by atoms with Crippen LogP contribution in [0.1, 0.15) is 33.3 Å². The van der Waals surface area contributed by atoms with Crippen LogP contribution in [0.5, 0.6) is 0 Å². The van der Waals surface area contributed by atoms with Gasteiger partial charge in [-0.25, -0.2) is 4.79 Å². The first-order valence-electron chi connectivity index (χ1n) is 7.82. The van der Waals surface area contributed by atoms with Crippen LogP contribution in [0, 0.1) is 0 Å². The van der Waals surface area contributed by atoms with E-state index in [9.17, 15) is 9.59 Å². The minimum Gasteiger partial charge on any atom is -0.444 e. The second kappa shape index (κ2) is 7.25. The third-order valence-electron chi connectivity index (χ3n) is 3.07. The molecule has 0 radical (unpaired) electrons. The van der Waals surface area contributed by atoms with Crippen LogP contribution < -0.4 is 16.4 Å². The minimum absolute atomic E-state index is 0.187. The second-order valence-electron chi connectivity index (χ2n) is 6.62. The summed E-state index contributed by atoms with van der Waals surface area (Å²) in [6.07, 6.45) is 1.20. The molecule has 0 aliphatic heterocycles. The van der Waals surface area contributed by atoms with Crippen molar-refractivity contribution in [2.24, 2.45) is 0 Å². The van der Waals surface area contributed by atoms with Crippen LogP contribution in [0.2, 0.25) is 0 Å². The van der Waals surface area contributed by atoms with Gasteiger partial charge in [0.05, 0.1) is 6.54 Å². The monoisotopic (exact) mass is 345 g/mol. The predicted octanol–water partition coefficient (Wildman–Crippen LogP) is 2.82. The molecule has 0 saturated heterocycles. The molecule has 1 aromatic heterocycles. The summed E-state index contributed by atoms with van der Waals surface area (Å²) in [5.74, 6) is 0.280.